The first-order chi connectivity index (χ1) is 14.7. The van der Waals surface area contributed by atoms with Gasteiger partial charge in [-0.05, 0) is 36.4 Å². The minimum absolute atomic E-state index is 0.0561. The van der Waals surface area contributed by atoms with E-state index in [9.17, 15) is 4.79 Å². The number of anilines is 2. The number of carbonyl (C=O) groups is 1. The van der Waals surface area contributed by atoms with Gasteiger partial charge < -0.3 is 0 Å². The molecule has 7 heteroatoms. The Morgan fingerprint density at radius 1 is 0.933 bits per heavy atom. The van der Waals surface area contributed by atoms with Gasteiger partial charge in [0.1, 0.15) is 0 Å². The van der Waals surface area contributed by atoms with Gasteiger partial charge in [-0.25, -0.2) is 4.98 Å². The lowest BCUT2D eigenvalue weighted by molar-refractivity contribution is -0.115. The lowest BCUT2D eigenvalue weighted by atomic mass is 10.2. The van der Waals surface area contributed by atoms with Crippen LogP contribution in [0.5, 0.6) is 0 Å². The van der Waals surface area contributed by atoms with Crippen LogP contribution in [-0.4, -0.2) is 16.6 Å². The molecule has 30 heavy (non-hydrogen) atoms. The van der Waals surface area contributed by atoms with Gasteiger partial charge in [0, 0.05) is 25.2 Å². The molecule has 5 rings (SSSR count). The van der Waals surface area contributed by atoms with Crippen molar-refractivity contribution in [3.05, 3.63) is 82.6 Å². The van der Waals surface area contributed by atoms with Crippen LogP contribution in [0.3, 0.4) is 0 Å². The molecule has 0 spiro atoms. The number of thioether (sulfide) groups is 1. The third kappa shape index (κ3) is 3.95. The fourth-order valence-electron chi connectivity index (χ4n) is 3.24. The Morgan fingerprint density at radius 2 is 1.57 bits per heavy atom. The molecule has 148 valence electrons. The quantitative estimate of drug-likeness (QED) is 0.266. The van der Waals surface area contributed by atoms with Crippen molar-refractivity contribution in [2.45, 2.75) is 14.1 Å². The van der Waals surface area contributed by atoms with Gasteiger partial charge in [-0.1, -0.05) is 75.9 Å². The largest absolute Gasteiger partial charge is 0.278 e. The lowest BCUT2D eigenvalue weighted by Gasteiger charge is -2.30. The molecule has 2 heterocycles. The number of halogens is 1. The van der Waals surface area contributed by atoms with E-state index in [2.05, 4.69) is 28.1 Å². The summed E-state index contributed by atoms with van der Waals surface area (Å²) < 4.78 is 1.94. The smallest absolute Gasteiger partial charge is 0.242 e. The molecule has 0 bridgehead atoms. The van der Waals surface area contributed by atoms with Gasteiger partial charge in [-0.3, -0.25) is 9.69 Å². The average Bonchev–Trinajstić information content (AvgIpc) is 3.25. The van der Waals surface area contributed by atoms with Crippen LogP contribution in [0.25, 0.3) is 11.3 Å². The monoisotopic (exact) mass is 510 g/mol. The molecule has 0 radical (unpaired) electrons. The number of aromatic nitrogens is 1. The number of hydrogen-bond donors (Lipinski definition) is 0. The normalized spacial score (nSPS) is 12.4. The summed E-state index contributed by atoms with van der Waals surface area (Å²) in [6.45, 7) is 0. The predicted octanol–water partition coefficient (Wildman–Crippen LogP) is 7.49. The molecule has 0 unspecified atom stereocenters. The molecule has 1 aromatic heterocycles. The summed E-state index contributed by atoms with van der Waals surface area (Å²) >= 11 is 8.23. The van der Waals surface area contributed by atoms with E-state index in [1.165, 1.54) is 11.8 Å². The standard InChI is InChI=1S/C23H15BrN2OS3/c24-16-11-9-15(10-12-16)17-13-28-23(25-17)29-14-22(27)26-18-5-1-3-7-20(18)30-21-8-4-2-6-19(21)26/h1-13H,14H2. The highest BCUT2D eigenvalue weighted by Crippen LogP contribution is 2.48. The van der Waals surface area contributed by atoms with Gasteiger partial charge in [0.2, 0.25) is 5.91 Å². The average molecular weight is 511 g/mol. The van der Waals surface area contributed by atoms with Gasteiger partial charge in [0.15, 0.2) is 4.34 Å². The Hall–Kier alpha value is -2.06. The van der Waals surface area contributed by atoms with Crippen LogP contribution >= 0.6 is 50.8 Å². The fourth-order valence-corrected chi connectivity index (χ4v) is 6.24. The summed E-state index contributed by atoms with van der Waals surface area (Å²) in [5.74, 6) is 0.390. The molecule has 1 aliphatic heterocycles. The van der Waals surface area contributed by atoms with Crippen LogP contribution in [0.1, 0.15) is 0 Å². The van der Waals surface area contributed by atoms with E-state index in [1.807, 2.05) is 70.9 Å². The molecule has 1 aliphatic rings. The molecular formula is C23H15BrN2OS3. The zero-order chi connectivity index (χ0) is 20.5. The van der Waals surface area contributed by atoms with Crippen LogP contribution in [0.15, 0.2) is 96.8 Å². The number of amides is 1. The van der Waals surface area contributed by atoms with Crippen LogP contribution in [0, 0.1) is 0 Å². The van der Waals surface area contributed by atoms with E-state index in [0.29, 0.717) is 5.75 Å². The summed E-state index contributed by atoms with van der Waals surface area (Å²) in [5.41, 5.74) is 3.90. The van der Waals surface area contributed by atoms with E-state index >= 15 is 0 Å². The lowest BCUT2D eigenvalue weighted by Crippen LogP contribution is -2.29. The number of fused-ring (bicyclic) bond motifs is 2. The summed E-state index contributed by atoms with van der Waals surface area (Å²) in [5, 5.41) is 2.04. The number of thiazole rings is 1. The van der Waals surface area contributed by atoms with E-state index in [4.69, 9.17) is 4.98 Å². The SMILES string of the molecule is O=C(CSc1nc(-c2ccc(Br)cc2)cs1)N1c2ccccc2Sc2ccccc21. The van der Waals surface area contributed by atoms with E-state index in [0.717, 1.165) is 41.2 Å². The second-order valence-electron chi connectivity index (χ2n) is 6.56. The molecule has 0 N–H and O–H groups in total. The van der Waals surface area contributed by atoms with Gasteiger partial charge >= 0.3 is 0 Å². The Kier molecular flexibility index (Phi) is 5.69. The fraction of sp³-hybridized carbons (Fsp3) is 0.0435. The van der Waals surface area contributed by atoms with E-state index in [-0.39, 0.29) is 5.91 Å². The molecule has 3 aromatic carbocycles. The molecule has 1 amide bonds. The molecular weight excluding hydrogens is 496 g/mol. The highest BCUT2D eigenvalue weighted by molar-refractivity contribution is 9.10. The highest BCUT2D eigenvalue weighted by atomic mass is 79.9. The first kappa shape index (κ1) is 19.9. The van der Waals surface area contributed by atoms with Crippen molar-refractivity contribution in [3.63, 3.8) is 0 Å². The minimum atomic E-state index is 0.0561. The van der Waals surface area contributed by atoms with Crippen molar-refractivity contribution in [3.8, 4) is 11.3 Å². The number of nitrogens with zero attached hydrogens (tertiary/aromatic N) is 2. The zero-order valence-corrected chi connectivity index (χ0v) is 19.7. The summed E-state index contributed by atoms with van der Waals surface area (Å²) in [6, 6.07) is 24.2. The van der Waals surface area contributed by atoms with Crippen molar-refractivity contribution < 1.29 is 4.79 Å². The number of rotatable bonds is 4. The molecule has 0 saturated carbocycles. The van der Waals surface area contributed by atoms with Crippen molar-refractivity contribution in [2.75, 3.05) is 10.7 Å². The van der Waals surface area contributed by atoms with Crippen molar-refractivity contribution in [1.29, 1.82) is 0 Å². The van der Waals surface area contributed by atoms with E-state index < -0.39 is 0 Å². The molecule has 0 fully saturated rings. The van der Waals surface area contributed by atoms with Crippen LogP contribution < -0.4 is 4.90 Å². The molecule has 0 aliphatic carbocycles. The van der Waals surface area contributed by atoms with Crippen LogP contribution in [0.2, 0.25) is 0 Å². The molecule has 3 nitrogen and oxygen atoms in total. The third-order valence-corrected chi connectivity index (χ3v) is 8.29. The van der Waals surface area contributed by atoms with E-state index in [1.54, 1.807) is 23.1 Å². The van der Waals surface area contributed by atoms with Gasteiger partial charge in [0.25, 0.3) is 0 Å². The Balaban J connectivity index is 1.36. The number of benzene rings is 3. The van der Waals surface area contributed by atoms with Crippen molar-refractivity contribution in [2.24, 2.45) is 0 Å². The summed E-state index contributed by atoms with van der Waals surface area (Å²) in [6.07, 6.45) is 0. The molecule has 4 aromatic rings. The second-order valence-corrected chi connectivity index (χ2v) is 10.6. The molecule has 0 atom stereocenters. The van der Waals surface area contributed by atoms with Gasteiger partial charge in [-0.2, -0.15) is 0 Å². The Labute approximate surface area is 195 Å². The number of hydrogen-bond acceptors (Lipinski definition) is 5. The maximum atomic E-state index is 13.3. The maximum absolute atomic E-state index is 13.3. The first-order valence-electron chi connectivity index (χ1n) is 9.22. The first-order valence-corrected chi connectivity index (χ1v) is 12.7. The minimum Gasteiger partial charge on any atom is -0.278 e. The second kappa shape index (κ2) is 8.59. The van der Waals surface area contributed by atoms with Crippen molar-refractivity contribution in [1.82, 2.24) is 4.98 Å². The number of para-hydroxylation sites is 2. The summed E-state index contributed by atoms with van der Waals surface area (Å²) in [7, 11) is 0. The van der Waals surface area contributed by atoms with Gasteiger partial charge in [-0.15, -0.1) is 11.3 Å². The van der Waals surface area contributed by atoms with Crippen LogP contribution in [-0.2, 0) is 4.79 Å². The predicted molar refractivity (Wildman–Crippen MR) is 130 cm³/mol. The number of carbonyl (C=O) groups excluding carboxylic acids is 1. The molecule has 0 saturated heterocycles. The highest BCUT2D eigenvalue weighted by Gasteiger charge is 2.27. The van der Waals surface area contributed by atoms with Gasteiger partial charge in [0.05, 0.1) is 22.8 Å². The maximum Gasteiger partial charge on any atom is 0.242 e. The van der Waals surface area contributed by atoms with Crippen LogP contribution in [0.4, 0.5) is 11.4 Å². The third-order valence-electron chi connectivity index (χ3n) is 4.62. The topological polar surface area (TPSA) is 33.2 Å². The Bertz CT molecular complexity index is 1180. The summed E-state index contributed by atoms with van der Waals surface area (Å²) in [4.78, 5) is 22.0. The Morgan fingerprint density at radius 3 is 2.23 bits per heavy atom. The van der Waals surface area contributed by atoms with Crippen molar-refractivity contribution >= 4 is 68.1 Å². The zero-order valence-electron chi connectivity index (χ0n) is 15.6.